The molecular formula is C20H25NO3. The summed E-state index contributed by atoms with van der Waals surface area (Å²) in [6.45, 7) is 4.23. The van der Waals surface area contributed by atoms with E-state index in [4.69, 9.17) is 4.74 Å². The topological polar surface area (TPSA) is 58.6 Å². The molecule has 0 aliphatic rings. The summed E-state index contributed by atoms with van der Waals surface area (Å²) in [6, 6.07) is 17.1. The molecule has 2 atom stereocenters. The number of rotatable bonds is 8. The Hall–Kier alpha value is -2.33. The van der Waals surface area contributed by atoms with Crippen LogP contribution in [-0.2, 0) is 4.79 Å². The van der Waals surface area contributed by atoms with Gasteiger partial charge in [0.25, 0.3) is 0 Å². The second kappa shape index (κ2) is 9.08. The highest BCUT2D eigenvalue weighted by molar-refractivity contribution is 5.76. The number of carbonyl (C=O) groups is 1. The molecule has 2 aromatic carbocycles. The minimum Gasteiger partial charge on any atom is -0.493 e. The molecule has 0 aliphatic carbocycles. The van der Waals surface area contributed by atoms with Crippen LogP contribution in [0.15, 0.2) is 54.6 Å². The monoisotopic (exact) mass is 327 g/mol. The van der Waals surface area contributed by atoms with Gasteiger partial charge < -0.3 is 15.2 Å². The van der Waals surface area contributed by atoms with E-state index in [1.165, 1.54) is 0 Å². The van der Waals surface area contributed by atoms with Crippen molar-refractivity contribution in [1.29, 1.82) is 0 Å². The van der Waals surface area contributed by atoms with Crippen molar-refractivity contribution in [2.45, 2.75) is 38.8 Å². The average Bonchev–Trinajstić information content (AvgIpc) is 2.55. The van der Waals surface area contributed by atoms with Crippen LogP contribution in [-0.4, -0.2) is 23.7 Å². The molecule has 0 spiro atoms. The lowest BCUT2D eigenvalue weighted by molar-refractivity contribution is -0.122. The minimum atomic E-state index is -0.579. The van der Waals surface area contributed by atoms with Gasteiger partial charge in [0, 0.05) is 6.04 Å². The Balaban J connectivity index is 1.70. The summed E-state index contributed by atoms with van der Waals surface area (Å²) in [5.74, 6) is 0.700. The maximum absolute atomic E-state index is 12.0. The highest BCUT2D eigenvalue weighted by atomic mass is 16.5. The zero-order chi connectivity index (χ0) is 17.4. The summed E-state index contributed by atoms with van der Waals surface area (Å²) in [7, 11) is 0. The van der Waals surface area contributed by atoms with Gasteiger partial charge in [0.1, 0.15) is 5.75 Å². The van der Waals surface area contributed by atoms with Gasteiger partial charge in [-0.3, -0.25) is 4.79 Å². The van der Waals surface area contributed by atoms with Crippen molar-refractivity contribution in [3.05, 3.63) is 65.7 Å². The number of hydrogen-bond donors (Lipinski definition) is 2. The number of benzene rings is 2. The van der Waals surface area contributed by atoms with E-state index in [2.05, 4.69) is 5.32 Å². The molecule has 0 heterocycles. The predicted molar refractivity (Wildman–Crippen MR) is 94.9 cm³/mol. The molecule has 2 unspecified atom stereocenters. The molecule has 0 aromatic heterocycles. The number of ether oxygens (including phenoxy) is 1. The Morgan fingerprint density at radius 3 is 2.62 bits per heavy atom. The van der Waals surface area contributed by atoms with E-state index in [0.717, 1.165) is 16.9 Å². The molecule has 0 aliphatic heterocycles. The molecule has 0 bridgehead atoms. The number of aliphatic hydroxyl groups is 1. The molecule has 2 aromatic rings. The van der Waals surface area contributed by atoms with Crippen molar-refractivity contribution in [3.63, 3.8) is 0 Å². The lowest BCUT2D eigenvalue weighted by Gasteiger charge is -2.18. The average molecular weight is 327 g/mol. The van der Waals surface area contributed by atoms with E-state index in [1.54, 1.807) is 0 Å². The van der Waals surface area contributed by atoms with E-state index in [-0.39, 0.29) is 11.9 Å². The molecular weight excluding hydrogens is 302 g/mol. The normalized spacial score (nSPS) is 13.1. The van der Waals surface area contributed by atoms with Gasteiger partial charge in [-0.2, -0.15) is 0 Å². The van der Waals surface area contributed by atoms with Crippen molar-refractivity contribution in [2.24, 2.45) is 0 Å². The molecule has 1 amide bonds. The van der Waals surface area contributed by atoms with E-state index < -0.39 is 6.10 Å². The van der Waals surface area contributed by atoms with Crippen LogP contribution in [0.25, 0.3) is 0 Å². The Bertz CT molecular complexity index is 642. The SMILES string of the molecule is Cc1cccc(OCCC(=O)NC(C)CC(O)c2ccccc2)c1. The van der Waals surface area contributed by atoms with Crippen LogP contribution >= 0.6 is 0 Å². The van der Waals surface area contributed by atoms with Gasteiger partial charge in [-0.1, -0.05) is 42.5 Å². The maximum Gasteiger partial charge on any atom is 0.223 e. The lowest BCUT2D eigenvalue weighted by atomic mass is 10.0. The second-order valence-corrected chi connectivity index (χ2v) is 6.05. The Labute approximate surface area is 143 Å². The maximum atomic E-state index is 12.0. The molecule has 24 heavy (non-hydrogen) atoms. The summed E-state index contributed by atoms with van der Waals surface area (Å²) in [5, 5.41) is 13.1. The fourth-order valence-corrected chi connectivity index (χ4v) is 2.52. The van der Waals surface area contributed by atoms with Gasteiger partial charge in [0.15, 0.2) is 0 Å². The third kappa shape index (κ3) is 6.05. The van der Waals surface area contributed by atoms with E-state index in [0.29, 0.717) is 19.4 Å². The zero-order valence-electron chi connectivity index (χ0n) is 14.2. The molecule has 4 nitrogen and oxygen atoms in total. The number of amides is 1. The highest BCUT2D eigenvalue weighted by Gasteiger charge is 2.14. The fraction of sp³-hybridized carbons (Fsp3) is 0.350. The summed E-state index contributed by atoms with van der Waals surface area (Å²) < 4.78 is 5.58. The van der Waals surface area contributed by atoms with Gasteiger partial charge in [-0.25, -0.2) is 0 Å². The predicted octanol–water partition coefficient (Wildman–Crippen LogP) is 3.39. The minimum absolute atomic E-state index is 0.0737. The van der Waals surface area contributed by atoms with Crippen molar-refractivity contribution in [3.8, 4) is 5.75 Å². The molecule has 2 rings (SSSR count). The first kappa shape index (κ1) is 18.0. The summed E-state index contributed by atoms with van der Waals surface area (Å²) >= 11 is 0. The standard InChI is InChI=1S/C20H25NO3/c1-15-7-6-10-18(13-15)24-12-11-20(23)21-16(2)14-19(22)17-8-4-3-5-9-17/h3-10,13,16,19,22H,11-12,14H2,1-2H3,(H,21,23). The number of aliphatic hydroxyl groups excluding tert-OH is 1. The van der Waals surface area contributed by atoms with Crippen LogP contribution in [0.5, 0.6) is 5.75 Å². The van der Waals surface area contributed by atoms with E-state index in [1.807, 2.05) is 68.4 Å². The third-order valence-corrected chi connectivity index (χ3v) is 3.76. The lowest BCUT2D eigenvalue weighted by Crippen LogP contribution is -2.34. The first-order valence-corrected chi connectivity index (χ1v) is 8.26. The van der Waals surface area contributed by atoms with Gasteiger partial charge >= 0.3 is 0 Å². The van der Waals surface area contributed by atoms with Gasteiger partial charge in [0.05, 0.1) is 19.1 Å². The van der Waals surface area contributed by atoms with Crippen LogP contribution in [0.2, 0.25) is 0 Å². The molecule has 4 heteroatoms. The van der Waals surface area contributed by atoms with Crippen LogP contribution in [0.4, 0.5) is 0 Å². The third-order valence-electron chi connectivity index (χ3n) is 3.76. The molecule has 0 saturated heterocycles. The van der Waals surface area contributed by atoms with E-state index in [9.17, 15) is 9.90 Å². The summed E-state index contributed by atoms with van der Waals surface area (Å²) in [4.78, 5) is 12.0. The number of aryl methyl sites for hydroxylation is 1. The Kier molecular flexibility index (Phi) is 6.82. The number of hydrogen-bond acceptors (Lipinski definition) is 3. The molecule has 0 saturated carbocycles. The summed E-state index contributed by atoms with van der Waals surface area (Å²) in [5.41, 5.74) is 1.99. The van der Waals surface area contributed by atoms with Crippen molar-refractivity contribution < 1.29 is 14.6 Å². The molecule has 0 radical (unpaired) electrons. The first-order valence-electron chi connectivity index (χ1n) is 8.26. The fourth-order valence-electron chi connectivity index (χ4n) is 2.52. The van der Waals surface area contributed by atoms with E-state index >= 15 is 0 Å². The van der Waals surface area contributed by atoms with Crippen LogP contribution in [0.1, 0.15) is 37.0 Å². The largest absolute Gasteiger partial charge is 0.493 e. The Morgan fingerprint density at radius 2 is 1.92 bits per heavy atom. The highest BCUT2D eigenvalue weighted by Crippen LogP contribution is 2.17. The van der Waals surface area contributed by atoms with Crippen molar-refractivity contribution in [2.75, 3.05) is 6.61 Å². The van der Waals surface area contributed by atoms with Crippen molar-refractivity contribution >= 4 is 5.91 Å². The Morgan fingerprint density at radius 1 is 1.17 bits per heavy atom. The van der Waals surface area contributed by atoms with Crippen LogP contribution < -0.4 is 10.1 Å². The molecule has 0 fully saturated rings. The number of nitrogens with one attached hydrogen (secondary N) is 1. The van der Waals surface area contributed by atoms with Crippen LogP contribution in [0, 0.1) is 6.92 Å². The smallest absolute Gasteiger partial charge is 0.223 e. The first-order chi connectivity index (χ1) is 11.5. The molecule has 128 valence electrons. The van der Waals surface area contributed by atoms with Gasteiger partial charge in [-0.05, 0) is 43.5 Å². The molecule has 2 N–H and O–H groups in total. The van der Waals surface area contributed by atoms with Gasteiger partial charge in [-0.15, -0.1) is 0 Å². The zero-order valence-corrected chi connectivity index (χ0v) is 14.2. The summed E-state index contributed by atoms with van der Waals surface area (Å²) in [6.07, 6.45) is 0.193. The quantitative estimate of drug-likeness (QED) is 0.781. The second-order valence-electron chi connectivity index (χ2n) is 6.05. The van der Waals surface area contributed by atoms with Crippen molar-refractivity contribution in [1.82, 2.24) is 5.32 Å². The number of carbonyl (C=O) groups excluding carboxylic acids is 1. The van der Waals surface area contributed by atoms with Crippen LogP contribution in [0.3, 0.4) is 0 Å². The van der Waals surface area contributed by atoms with Gasteiger partial charge in [0.2, 0.25) is 5.91 Å².